The molecule has 0 unspecified atom stereocenters. The Hall–Kier alpha value is -4.91. The molecule has 37 heavy (non-hydrogen) atoms. The first-order valence-corrected chi connectivity index (χ1v) is 11.9. The maximum absolute atomic E-state index is 12.5. The van der Waals surface area contributed by atoms with Crippen LogP contribution in [0, 0.1) is 0 Å². The van der Waals surface area contributed by atoms with Gasteiger partial charge in [0.15, 0.2) is 0 Å². The molecule has 0 saturated heterocycles. The van der Waals surface area contributed by atoms with Crippen LogP contribution < -0.4 is 21.3 Å². The highest BCUT2D eigenvalue weighted by Gasteiger charge is 2.10. The van der Waals surface area contributed by atoms with Gasteiger partial charge in [-0.2, -0.15) is 0 Å². The minimum Gasteiger partial charge on any atom is -0.376 e. The number of hydrogen-bond acceptors (Lipinski definition) is 4. The molecule has 7 nitrogen and oxygen atoms in total. The van der Waals surface area contributed by atoms with Crippen LogP contribution in [0.1, 0.15) is 31.8 Å². The summed E-state index contributed by atoms with van der Waals surface area (Å²) in [4.78, 5) is 37.5. The van der Waals surface area contributed by atoms with Crippen LogP contribution in [-0.2, 0) is 17.9 Å². The van der Waals surface area contributed by atoms with Gasteiger partial charge in [0, 0.05) is 35.6 Å². The largest absolute Gasteiger partial charge is 0.376 e. The molecule has 0 saturated carbocycles. The lowest BCUT2D eigenvalue weighted by molar-refractivity contribution is -0.114. The van der Waals surface area contributed by atoms with Gasteiger partial charge in [-0.3, -0.25) is 14.4 Å². The summed E-state index contributed by atoms with van der Waals surface area (Å²) in [5.41, 5.74) is 4.14. The first kappa shape index (κ1) is 25.2. The Morgan fingerprint density at radius 3 is 1.57 bits per heavy atom. The van der Waals surface area contributed by atoms with E-state index in [2.05, 4.69) is 21.3 Å². The van der Waals surface area contributed by atoms with Gasteiger partial charge < -0.3 is 21.3 Å². The fourth-order valence-corrected chi connectivity index (χ4v) is 3.66. The summed E-state index contributed by atoms with van der Waals surface area (Å²) in [6.07, 6.45) is 0. The van der Waals surface area contributed by atoms with E-state index in [0.717, 1.165) is 11.1 Å². The zero-order valence-electron chi connectivity index (χ0n) is 20.2. The molecule has 0 aromatic heterocycles. The van der Waals surface area contributed by atoms with Crippen molar-refractivity contribution in [2.75, 3.05) is 17.2 Å². The van der Waals surface area contributed by atoms with Crippen molar-refractivity contribution in [3.8, 4) is 0 Å². The molecule has 4 aromatic rings. The van der Waals surface area contributed by atoms with E-state index in [-0.39, 0.29) is 24.3 Å². The smallest absolute Gasteiger partial charge is 0.251 e. The number of anilines is 2. The molecule has 0 fully saturated rings. The lowest BCUT2D eigenvalue weighted by Crippen LogP contribution is -2.24. The number of rotatable bonds is 10. The summed E-state index contributed by atoms with van der Waals surface area (Å²) >= 11 is 0. The van der Waals surface area contributed by atoms with Crippen molar-refractivity contribution in [2.45, 2.75) is 13.1 Å². The van der Waals surface area contributed by atoms with Gasteiger partial charge in [0.25, 0.3) is 11.8 Å². The number of carbonyl (C=O) groups excluding carboxylic acids is 3. The summed E-state index contributed by atoms with van der Waals surface area (Å²) in [5.74, 6) is -0.694. The van der Waals surface area contributed by atoms with Gasteiger partial charge in [0.1, 0.15) is 0 Å². The molecule has 4 rings (SSSR count). The van der Waals surface area contributed by atoms with Gasteiger partial charge in [-0.15, -0.1) is 0 Å². The summed E-state index contributed by atoms with van der Waals surface area (Å²) in [6.45, 7) is 0.853. The van der Waals surface area contributed by atoms with E-state index in [0.29, 0.717) is 35.6 Å². The third kappa shape index (κ3) is 7.80. The number of carbonyl (C=O) groups is 3. The Kier molecular flexibility index (Phi) is 8.64. The third-order valence-corrected chi connectivity index (χ3v) is 5.58. The van der Waals surface area contributed by atoms with E-state index in [1.807, 2.05) is 60.7 Å². The molecule has 0 aliphatic rings. The normalized spacial score (nSPS) is 10.3. The first-order valence-electron chi connectivity index (χ1n) is 11.9. The predicted molar refractivity (Wildman–Crippen MR) is 145 cm³/mol. The van der Waals surface area contributed by atoms with Crippen LogP contribution >= 0.6 is 0 Å². The SMILES string of the molecule is O=C(CNc1cccc(C(=O)NCc2ccccc2)c1)Nc1cccc(C(=O)NCc2ccccc2)c1. The maximum Gasteiger partial charge on any atom is 0.251 e. The Bertz CT molecular complexity index is 1360. The van der Waals surface area contributed by atoms with Crippen LogP contribution in [0.5, 0.6) is 0 Å². The van der Waals surface area contributed by atoms with Crippen molar-refractivity contribution in [1.82, 2.24) is 10.6 Å². The molecule has 3 amide bonds. The molecule has 0 radical (unpaired) electrons. The Morgan fingerprint density at radius 1 is 0.541 bits per heavy atom. The molecule has 0 heterocycles. The van der Waals surface area contributed by atoms with Gasteiger partial charge in [-0.05, 0) is 47.5 Å². The number of nitrogens with one attached hydrogen (secondary N) is 4. The third-order valence-electron chi connectivity index (χ3n) is 5.58. The van der Waals surface area contributed by atoms with E-state index < -0.39 is 0 Å². The zero-order valence-corrected chi connectivity index (χ0v) is 20.2. The molecular weight excluding hydrogens is 464 g/mol. The van der Waals surface area contributed by atoms with Gasteiger partial charge in [-0.1, -0.05) is 72.8 Å². The molecule has 0 aliphatic carbocycles. The lowest BCUT2D eigenvalue weighted by Gasteiger charge is -2.11. The minimum atomic E-state index is -0.277. The van der Waals surface area contributed by atoms with Crippen LogP contribution in [0.2, 0.25) is 0 Å². The quantitative estimate of drug-likeness (QED) is 0.260. The van der Waals surface area contributed by atoms with Crippen molar-refractivity contribution in [3.63, 3.8) is 0 Å². The lowest BCUT2D eigenvalue weighted by atomic mass is 10.1. The second kappa shape index (κ2) is 12.7. The van der Waals surface area contributed by atoms with Gasteiger partial charge in [0.05, 0.1) is 6.54 Å². The van der Waals surface area contributed by atoms with Crippen LogP contribution in [-0.4, -0.2) is 24.3 Å². The highest BCUT2D eigenvalue weighted by atomic mass is 16.2. The van der Waals surface area contributed by atoms with Crippen molar-refractivity contribution < 1.29 is 14.4 Å². The standard InChI is InChI=1S/C30H28N4O3/c35-28(34-27-16-8-14-25(18-27)30(37)33-20-23-11-5-2-6-12-23)21-31-26-15-7-13-24(17-26)29(36)32-19-22-9-3-1-4-10-22/h1-18,31H,19-21H2,(H,32,36)(H,33,37)(H,34,35). The van der Waals surface area contributed by atoms with Gasteiger partial charge in [-0.25, -0.2) is 0 Å². The van der Waals surface area contributed by atoms with Crippen molar-refractivity contribution in [3.05, 3.63) is 131 Å². The van der Waals surface area contributed by atoms with Crippen molar-refractivity contribution in [1.29, 1.82) is 0 Å². The van der Waals surface area contributed by atoms with Crippen LogP contribution in [0.25, 0.3) is 0 Å². The second-order valence-electron chi connectivity index (χ2n) is 8.40. The average Bonchev–Trinajstić information content (AvgIpc) is 2.95. The molecule has 7 heteroatoms. The van der Waals surface area contributed by atoms with Crippen molar-refractivity contribution in [2.24, 2.45) is 0 Å². The number of amides is 3. The number of benzene rings is 4. The summed E-state index contributed by atoms with van der Waals surface area (Å²) < 4.78 is 0. The molecule has 0 spiro atoms. The zero-order chi connectivity index (χ0) is 25.9. The molecule has 186 valence electrons. The molecule has 4 aromatic carbocycles. The van der Waals surface area contributed by atoms with Gasteiger partial charge >= 0.3 is 0 Å². The van der Waals surface area contributed by atoms with E-state index in [9.17, 15) is 14.4 Å². The summed E-state index contributed by atoms with van der Waals surface area (Å²) in [5, 5.41) is 11.6. The highest BCUT2D eigenvalue weighted by molar-refractivity contribution is 5.98. The average molecular weight is 493 g/mol. The van der Waals surface area contributed by atoms with E-state index >= 15 is 0 Å². The monoisotopic (exact) mass is 492 g/mol. The summed E-state index contributed by atoms with van der Waals surface area (Å²) in [7, 11) is 0. The highest BCUT2D eigenvalue weighted by Crippen LogP contribution is 2.13. The maximum atomic E-state index is 12.5. The predicted octanol–water partition coefficient (Wildman–Crippen LogP) is 4.60. The second-order valence-corrected chi connectivity index (χ2v) is 8.40. The van der Waals surface area contributed by atoms with E-state index in [4.69, 9.17) is 0 Å². The molecule has 0 aliphatic heterocycles. The Morgan fingerprint density at radius 2 is 1.03 bits per heavy atom. The fraction of sp³-hybridized carbons (Fsp3) is 0.100. The van der Waals surface area contributed by atoms with Crippen LogP contribution in [0.3, 0.4) is 0 Å². The van der Waals surface area contributed by atoms with Crippen LogP contribution in [0.15, 0.2) is 109 Å². The van der Waals surface area contributed by atoms with Crippen LogP contribution in [0.4, 0.5) is 11.4 Å². The molecular formula is C30H28N4O3. The van der Waals surface area contributed by atoms with Crippen molar-refractivity contribution >= 4 is 29.1 Å². The van der Waals surface area contributed by atoms with E-state index in [1.54, 1.807) is 48.5 Å². The Balaban J connectivity index is 1.26. The fourth-order valence-electron chi connectivity index (χ4n) is 3.66. The van der Waals surface area contributed by atoms with Gasteiger partial charge in [0.2, 0.25) is 5.91 Å². The molecule has 4 N–H and O–H groups in total. The molecule has 0 bridgehead atoms. The molecule has 0 atom stereocenters. The van der Waals surface area contributed by atoms with E-state index in [1.165, 1.54) is 0 Å². The summed E-state index contributed by atoms with van der Waals surface area (Å²) in [6, 6.07) is 33.1. The topological polar surface area (TPSA) is 99.3 Å². The minimum absolute atomic E-state index is 0.000477. The Labute approximate surface area is 215 Å². The number of hydrogen-bond donors (Lipinski definition) is 4. The first-order chi connectivity index (χ1) is 18.1.